The van der Waals surface area contributed by atoms with Gasteiger partial charge in [0.15, 0.2) is 0 Å². The van der Waals surface area contributed by atoms with E-state index < -0.39 is 10.0 Å². The average Bonchev–Trinajstić information content (AvgIpc) is 2.64. The summed E-state index contributed by atoms with van der Waals surface area (Å²) in [6.07, 6.45) is 1.57. The minimum absolute atomic E-state index is 0.0460. The molecule has 2 aromatic carbocycles. The summed E-state index contributed by atoms with van der Waals surface area (Å²) in [5, 5.41) is 2.67. The van der Waals surface area contributed by atoms with Crippen LogP contribution in [0.2, 0.25) is 0 Å². The molecule has 0 saturated heterocycles. The number of carbonyl (C=O) groups excluding carboxylic acids is 1. The topological polar surface area (TPSA) is 88.2 Å². The highest BCUT2D eigenvalue weighted by molar-refractivity contribution is 7.92. The Morgan fingerprint density at radius 1 is 0.963 bits per heavy atom. The number of halogens is 1. The first kappa shape index (κ1) is 18.5. The van der Waals surface area contributed by atoms with Crippen LogP contribution in [0.25, 0.3) is 0 Å². The number of rotatable bonds is 6. The smallest absolute Gasteiger partial charge is 0.263 e. The highest BCUT2D eigenvalue weighted by Crippen LogP contribution is 2.17. The Morgan fingerprint density at radius 2 is 1.67 bits per heavy atom. The maximum atomic E-state index is 12.9. The number of anilines is 2. The second kappa shape index (κ2) is 7.96. The van der Waals surface area contributed by atoms with Crippen LogP contribution in [0, 0.1) is 5.82 Å². The largest absolute Gasteiger partial charge is 0.326 e. The average molecular weight is 385 g/mol. The molecule has 0 aliphatic rings. The first-order chi connectivity index (χ1) is 12.9. The Hall–Kier alpha value is -3.26. The molecule has 0 fully saturated rings. The standard InChI is InChI=1S/C19H16FN3O3S/c20-15-6-4-14(5-7-15)13-19(24)22-16-8-10-17(11-9-16)27(25,26)23-18-3-1-2-12-21-18/h1-12H,13H2,(H,21,23)(H,22,24). The second-order valence-corrected chi connectivity index (χ2v) is 7.38. The minimum atomic E-state index is -3.77. The Balaban J connectivity index is 1.64. The number of hydrogen-bond donors (Lipinski definition) is 2. The zero-order valence-electron chi connectivity index (χ0n) is 14.1. The zero-order valence-corrected chi connectivity index (χ0v) is 14.9. The lowest BCUT2D eigenvalue weighted by atomic mass is 10.1. The van der Waals surface area contributed by atoms with Crippen molar-refractivity contribution in [3.05, 3.63) is 84.3 Å². The molecular formula is C19H16FN3O3S. The lowest BCUT2D eigenvalue weighted by Gasteiger charge is -2.09. The van der Waals surface area contributed by atoms with Crippen LogP contribution in [0.15, 0.2) is 77.8 Å². The van der Waals surface area contributed by atoms with Crippen molar-refractivity contribution in [3.63, 3.8) is 0 Å². The molecule has 27 heavy (non-hydrogen) atoms. The van der Waals surface area contributed by atoms with Crippen LogP contribution in [0.3, 0.4) is 0 Å². The Kier molecular flexibility index (Phi) is 5.46. The molecule has 0 aliphatic carbocycles. The van der Waals surface area contributed by atoms with Crippen molar-refractivity contribution in [2.24, 2.45) is 0 Å². The third-order valence-electron chi connectivity index (χ3n) is 3.63. The number of aromatic nitrogens is 1. The van der Waals surface area contributed by atoms with Crippen LogP contribution in [0.4, 0.5) is 15.9 Å². The van der Waals surface area contributed by atoms with Crippen molar-refractivity contribution in [2.75, 3.05) is 10.0 Å². The molecule has 1 amide bonds. The van der Waals surface area contributed by atoms with E-state index in [1.165, 1.54) is 54.7 Å². The number of amides is 1. The molecule has 3 rings (SSSR count). The summed E-state index contributed by atoms with van der Waals surface area (Å²) in [4.78, 5) is 16.0. The molecule has 8 heteroatoms. The third kappa shape index (κ3) is 5.11. The number of carbonyl (C=O) groups is 1. The summed E-state index contributed by atoms with van der Waals surface area (Å²) in [5.41, 5.74) is 1.13. The molecule has 0 aliphatic heterocycles. The van der Waals surface area contributed by atoms with Crippen LogP contribution in [-0.4, -0.2) is 19.3 Å². The Bertz CT molecular complexity index is 1020. The maximum Gasteiger partial charge on any atom is 0.263 e. The molecule has 0 saturated carbocycles. The summed E-state index contributed by atoms with van der Waals surface area (Å²) in [7, 11) is -3.77. The lowest BCUT2D eigenvalue weighted by Crippen LogP contribution is -2.15. The van der Waals surface area contributed by atoms with Crippen molar-refractivity contribution >= 4 is 27.4 Å². The van der Waals surface area contributed by atoms with Crippen LogP contribution < -0.4 is 10.0 Å². The third-order valence-corrected chi connectivity index (χ3v) is 5.00. The molecule has 2 N–H and O–H groups in total. The van der Waals surface area contributed by atoms with E-state index in [9.17, 15) is 17.6 Å². The van der Waals surface area contributed by atoms with Gasteiger partial charge in [0.2, 0.25) is 5.91 Å². The van der Waals surface area contributed by atoms with Crippen LogP contribution in [0.5, 0.6) is 0 Å². The van der Waals surface area contributed by atoms with Crippen LogP contribution in [0.1, 0.15) is 5.56 Å². The number of benzene rings is 2. The maximum absolute atomic E-state index is 12.9. The molecule has 6 nitrogen and oxygen atoms in total. The quantitative estimate of drug-likeness (QED) is 0.682. The lowest BCUT2D eigenvalue weighted by molar-refractivity contribution is -0.115. The summed E-state index contributed by atoms with van der Waals surface area (Å²) < 4.78 is 39.9. The highest BCUT2D eigenvalue weighted by Gasteiger charge is 2.15. The van der Waals surface area contributed by atoms with Gasteiger partial charge in [-0.3, -0.25) is 9.52 Å². The second-order valence-electron chi connectivity index (χ2n) is 5.70. The van der Waals surface area contributed by atoms with Gasteiger partial charge >= 0.3 is 0 Å². The Labute approximate surface area is 156 Å². The monoisotopic (exact) mass is 385 g/mol. The number of pyridine rings is 1. The van der Waals surface area contributed by atoms with E-state index >= 15 is 0 Å². The van der Waals surface area contributed by atoms with Gasteiger partial charge in [-0.05, 0) is 54.1 Å². The summed E-state index contributed by atoms with van der Waals surface area (Å²) in [5.74, 6) is -0.437. The van der Waals surface area contributed by atoms with Gasteiger partial charge in [0, 0.05) is 11.9 Å². The molecule has 0 atom stereocenters. The Morgan fingerprint density at radius 3 is 2.30 bits per heavy atom. The van der Waals surface area contributed by atoms with Crippen LogP contribution >= 0.6 is 0 Å². The van der Waals surface area contributed by atoms with Gasteiger partial charge in [-0.25, -0.2) is 17.8 Å². The molecule has 0 unspecified atom stereocenters. The first-order valence-corrected chi connectivity index (χ1v) is 9.49. The van der Waals surface area contributed by atoms with E-state index in [2.05, 4.69) is 15.0 Å². The normalized spacial score (nSPS) is 11.0. The van der Waals surface area contributed by atoms with Gasteiger partial charge in [0.25, 0.3) is 10.0 Å². The molecule has 0 spiro atoms. The molecule has 0 radical (unpaired) electrons. The fourth-order valence-electron chi connectivity index (χ4n) is 2.33. The van der Waals surface area contributed by atoms with Gasteiger partial charge in [-0.2, -0.15) is 0 Å². The van der Waals surface area contributed by atoms with Gasteiger partial charge in [-0.1, -0.05) is 18.2 Å². The number of sulfonamides is 1. The minimum Gasteiger partial charge on any atom is -0.326 e. The van der Waals surface area contributed by atoms with Gasteiger partial charge in [-0.15, -0.1) is 0 Å². The number of nitrogens with zero attached hydrogens (tertiary/aromatic N) is 1. The van der Waals surface area contributed by atoms with Crippen molar-refractivity contribution in [2.45, 2.75) is 11.3 Å². The highest BCUT2D eigenvalue weighted by atomic mass is 32.2. The summed E-state index contributed by atoms with van der Waals surface area (Å²) >= 11 is 0. The van der Waals surface area contributed by atoms with Crippen molar-refractivity contribution in [3.8, 4) is 0 Å². The molecule has 1 heterocycles. The molecule has 138 valence electrons. The van der Waals surface area contributed by atoms with E-state index in [4.69, 9.17) is 0 Å². The van der Waals surface area contributed by atoms with Crippen molar-refractivity contribution in [1.82, 2.24) is 4.98 Å². The van der Waals surface area contributed by atoms with Crippen molar-refractivity contribution < 1.29 is 17.6 Å². The van der Waals surface area contributed by atoms with E-state index in [-0.39, 0.29) is 28.9 Å². The zero-order chi connectivity index (χ0) is 19.3. The van der Waals surface area contributed by atoms with E-state index in [0.29, 0.717) is 11.3 Å². The SMILES string of the molecule is O=C(Cc1ccc(F)cc1)Nc1ccc(S(=O)(=O)Nc2ccccn2)cc1. The van der Waals surface area contributed by atoms with Gasteiger partial charge in [0.05, 0.1) is 11.3 Å². The summed E-state index contributed by atoms with van der Waals surface area (Å²) in [6, 6.07) is 16.3. The van der Waals surface area contributed by atoms with E-state index in [1.54, 1.807) is 18.2 Å². The number of hydrogen-bond acceptors (Lipinski definition) is 4. The van der Waals surface area contributed by atoms with Crippen LogP contribution in [-0.2, 0) is 21.2 Å². The number of nitrogens with one attached hydrogen (secondary N) is 2. The van der Waals surface area contributed by atoms with Gasteiger partial charge < -0.3 is 5.32 Å². The predicted octanol–water partition coefficient (Wildman–Crippen LogP) is 3.20. The fourth-order valence-corrected chi connectivity index (χ4v) is 3.34. The van der Waals surface area contributed by atoms with Gasteiger partial charge in [0.1, 0.15) is 11.6 Å². The fraction of sp³-hybridized carbons (Fsp3) is 0.0526. The molecule has 3 aromatic rings. The molecule has 0 bridgehead atoms. The predicted molar refractivity (Wildman–Crippen MR) is 100 cm³/mol. The molecular weight excluding hydrogens is 369 g/mol. The van der Waals surface area contributed by atoms with E-state index in [0.717, 1.165) is 0 Å². The molecule has 1 aromatic heterocycles. The first-order valence-electron chi connectivity index (χ1n) is 8.01. The van der Waals surface area contributed by atoms with Crippen molar-refractivity contribution in [1.29, 1.82) is 0 Å². The van der Waals surface area contributed by atoms with E-state index in [1.807, 2.05) is 0 Å². The summed E-state index contributed by atoms with van der Waals surface area (Å²) in [6.45, 7) is 0.